The van der Waals surface area contributed by atoms with Gasteiger partial charge in [0.2, 0.25) is 0 Å². The largest absolute Gasteiger partial charge is 0.354 e. The average Bonchev–Trinajstić information content (AvgIpc) is 2.97. The minimum Gasteiger partial charge on any atom is -0.354 e. The minimum absolute atomic E-state index is 0.0308. The summed E-state index contributed by atoms with van der Waals surface area (Å²) in [5.41, 5.74) is 4.36. The molecule has 2 heterocycles. The SMILES string of the molecule is Cc1ccc(C)c(Nc2cncc(C(=O)N(C)C3CCS(=O)(=O)C3)c2)c1. The van der Waals surface area contributed by atoms with Gasteiger partial charge < -0.3 is 10.2 Å². The Morgan fingerprint density at radius 2 is 2.00 bits per heavy atom. The van der Waals surface area contributed by atoms with E-state index < -0.39 is 9.84 Å². The van der Waals surface area contributed by atoms with Crippen LogP contribution in [0, 0.1) is 13.8 Å². The lowest BCUT2D eigenvalue weighted by atomic mass is 10.1. The summed E-state index contributed by atoms with van der Waals surface area (Å²) < 4.78 is 23.3. The van der Waals surface area contributed by atoms with Crippen molar-refractivity contribution in [2.75, 3.05) is 23.9 Å². The molecule has 2 aromatic rings. The fraction of sp³-hybridized carbons (Fsp3) is 0.368. The van der Waals surface area contributed by atoms with Crippen molar-refractivity contribution >= 4 is 27.1 Å². The van der Waals surface area contributed by atoms with Crippen LogP contribution in [0.1, 0.15) is 27.9 Å². The number of aryl methyl sites for hydroxylation is 2. The van der Waals surface area contributed by atoms with Crippen LogP contribution in [0.25, 0.3) is 0 Å². The van der Waals surface area contributed by atoms with E-state index in [1.165, 1.54) is 11.1 Å². The second kappa shape index (κ2) is 7.07. The first-order chi connectivity index (χ1) is 12.2. The van der Waals surface area contributed by atoms with E-state index in [1.807, 2.05) is 32.0 Å². The second-order valence-corrected chi connectivity index (χ2v) is 9.11. The van der Waals surface area contributed by atoms with Crippen LogP contribution in [0.3, 0.4) is 0 Å². The van der Waals surface area contributed by atoms with Gasteiger partial charge >= 0.3 is 0 Å². The molecule has 3 rings (SSSR count). The molecule has 1 atom stereocenters. The molecule has 1 aliphatic heterocycles. The summed E-state index contributed by atoms with van der Waals surface area (Å²) in [5, 5.41) is 3.30. The summed E-state index contributed by atoms with van der Waals surface area (Å²) in [7, 11) is -1.38. The number of carbonyl (C=O) groups excluding carboxylic acids is 1. The molecule has 1 saturated heterocycles. The normalized spacial score (nSPS) is 18.5. The van der Waals surface area contributed by atoms with Gasteiger partial charge in [-0.05, 0) is 43.5 Å². The van der Waals surface area contributed by atoms with Gasteiger partial charge in [-0.25, -0.2) is 8.42 Å². The second-order valence-electron chi connectivity index (χ2n) is 6.88. The van der Waals surface area contributed by atoms with Crippen LogP contribution in [-0.2, 0) is 9.84 Å². The Morgan fingerprint density at radius 3 is 2.69 bits per heavy atom. The van der Waals surface area contributed by atoms with Crippen LogP contribution in [0.4, 0.5) is 11.4 Å². The molecule has 1 N–H and O–H groups in total. The highest BCUT2D eigenvalue weighted by atomic mass is 32.2. The Balaban J connectivity index is 1.78. The number of anilines is 2. The van der Waals surface area contributed by atoms with E-state index in [-0.39, 0.29) is 23.5 Å². The van der Waals surface area contributed by atoms with Crippen molar-refractivity contribution in [3.8, 4) is 0 Å². The number of nitrogens with one attached hydrogen (secondary N) is 1. The molecular weight excluding hydrogens is 350 g/mol. The number of rotatable bonds is 4. The number of pyridine rings is 1. The van der Waals surface area contributed by atoms with Crippen molar-refractivity contribution in [3.63, 3.8) is 0 Å². The fourth-order valence-corrected chi connectivity index (χ4v) is 4.88. The molecule has 7 heteroatoms. The Bertz CT molecular complexity index is 941. The van der Waals surface area contributed by atoms with Gasteiger partial charge in [-0.3, -0.25) is 9.78 Å². The number of hydrogen-bond acceptors (Lipinski definition) is 5. The number of aromatic nitrogens is 1. The molecule has 1 fully saturated rings. The molecule has 1 aliphatic rings. The van der Waals surface area contributed by atoms with Gasteiger partial charge in [-0.15, -0.1) is 0 Å². The van der Waals surface area contributed by atoms with Gasteiger partial charge in [-0.2, -0.15) is 0 Å². The zero-order valence-electron chi connectivity index (χ0n) is 15.2. The summed E-state index contributed by atoms with van der Waals surface area (Å²) in [6, 6.07) is 7.59. The van der Waals surface area contributed by atoms with E-state index in [2.05, 4.69) is 10.3 Å². The summed E-state index contributed by atoms with van der Waals surface area (Å²) >= 11 is 0. The molecule has 6 nitrogen and oxygen atoms in total. The third-order valence-electron chi connectivity index (χ3n) is 4.73. The van der Waals surface area contributed by atoms with E-state index >= 15 is 0 Å². The minimum atomic E-state index is -3.04. The third-order valence-corrected chi connectivity index (χ3v) is 6.48. The van der Waals surface area contributed by atoms with Crippen LogP contribution in [0.15, 0.2) is 36.7 Å². The number of sulfone groups is 1. The van der Waals surface area contributed by atoms with Crippen molar-refractivity contribution in [1.29, 1.82) is 0 Å². The highest BCUT2D eigenvalue weighted by molar-refractivity contribution is 7.91. The molecule has 0 bridgehead atoms. The lowest BCUT2D eigenvalue weighted by Crippen LogP contribution is -2.37. The van der Waals surface area contributed by atoms with Gasteiger partial charge in [0.15, 0.2) is 9.84 Å². The smallest absolute Gasteiger partial charge is 0.255 e. The molecular formula is C19H23N3O3S. The Labute approximate surface area is 154 Å². The van der Waals surface area contributed by atoms with E-state index in [0.29, 0.717) is 12.0 Å². The number of amides is 1. The molecule has 0 saturated carbocycles. The number of hydrogen-bond donors (Lipinski definition) is 1. The zero-order chi connectivity index (χ0) is 18.9. The summed E-state index contributed by atoms with van der Waals surface area (Å²) in [6.45, 7) is 4.03. The standard InChI is InChI=1S/C19H23N3O3S/c1-13-4-5-14(2)18(8-13)21-16-9-15(10-20-11-16)19(23)22(3)17-6-7-26(24,25)12-17/h4-5,8-11,17,21H,6-7,12H2,1-3H3. The van der Waals surface area contributed by atoms with Crippen molar-refractivity contribution in [2.45, 2.75) is 26.3 Å². The maximum Gasteiger partial charge on any atom is 0.255 e. The lowest BCUT2D eigenvalue weighted by molar-refractivity contribution is 0.0747. The topological polar surface area (TPSA) is 79.4 Å². The summed E-state index contributed by atoms with van der Waals surface area (Å²) in [6.07, 6.45) is 3.66. The predicted molar refractivity (Wildman–Crippen MR) is 103 cm³/mol. The van der Waals surface area contributed by atoms with Crippen molar-refractivity contribution < 1.29 is 13.2 Å². The Hall–Kier alpha value is -2.41. The molecule has 0 spiro atoms. The van der Waals surface area contributed by atoms with Crippen LogP contribution in [-0.4, -0.2) is 48.8 Å². The molecule has 0 radical (unpaired) electrons. The fourth-order valence-electron chi connectivity index (χ4n) is 3.10. The van der Waals surface area contributed by atoms with Gasteiger partial charge in [-0.1, -0.05) is 12.1 Å². The van der Waals surface area contributed by atoms with Crippen molar-refractivity contribution in [2.24, 2.45) is 0 Å². The van der Waals surface area contributed by atoms with E-state index in [9.17, 15) is 13.2 Å². The van der Waals surface area contributed by atoms with Crippen LogP contribution >= 0.6 is 0 Å². The zero-order valence-corrected chi connectivity index (χ0v) is 16.0. The first-order valence-corrected chi connectivity index (χ1v) is 10.3. The molecule has 1 amide bonds. The quantitative estimate of drug-likeness (QED) is 0.891. The number of nitrogens with zero attached hydrogens (tertiary/aromatic N) is 2. The van der Waals surface area contributed by atoms with Gasteiger partial charge in [0.25, 0.3) is 5.91 Å². The third kappa shape index (κ3) is 4.04. The summed E-state index contributed by atoms with van der Waals surface area (Å²) in [4.78, 5) is 18.4. The maximum absolute atomic E-state index is 12.7. The van der Waals surface area contributed by atoms with Gasteiger partial charge in [0.05, 0.1) is 29.0 Å². The first-order valence-electron chi connectivity index (χ1n) is 8.52. The van der Waals surface area contributed by atoms with E-state index in [1.54, 1.807) is 19.3 Å². The van der Waals surface area contributed by atoms with Crippen LogP contribution < -0.4 is 5.32 Å². The molecule has 138 valence electrons. The highest BCUT2D eigenvalue weighted by Crippen LogP contribution is 2.23. The van der Waals surface area contributed by atoms with Crippen LogP contribution in [0.2, 0.25) is 0 Å². The molecule has 1 unspecified atom stereocenters. The van der Waals surface area contributed by atoms with E-state index in [0.717, 1.165) is 22.5 Å². The molecule has 1 aromatic heterocycles. The predicted octanol–water partition coefficient (Wildman–Crippen LogP) is 2.70. The highest BCUT2D eigenvalue weighted by Gasteiger charge is 2.33. The monoisotopic (exact) mass is 373 g/mol. The van der Waals surface area contributed by atoms with Crippen LogP contribution in [0.5, 0.6) is 0 Å². The van der Waals surface area contributed by atoms with Gasteiger partial charge in [0.1, 0.15) is 0 Å². The molecule has 0 aliphatic carbocycles. The Kier molecular flexibility index (Phi) is 5.00. The molecule has 1 aromatic carbocycles. The summed E-state index contributed by atoms with van der Waals surface area (Å²) in [5.74, 6) is -0.0468. The van der Waals surface area contributed by atoms with Crippen molar-refractivity contribution in [1.82, 2.24) is 9.88 Å². The lowest BCUT2D eigenvalue weighted by Gasteiger charge is -2.23. The number of benzene rings is 1. The van der Waals surface area contributed by atoms with E-state index in [4.69, 9.17) is 0 Å². The van der Waals surface area contributed by atoms with Gasteiger partial charge in [0, 0.05) is 25.0 Å². The average molecular weight is 373 g/mol. The number of carbonyl (C=O) groups is 1. The Morgan fingerprint density at radius 1 is 1.23 bits per heavy atom. The first kappa shape index (κ1) is 18.4. The molecule has 26 heavy (non-hydrogen) atoms. The van der Waals surface area contributed by atoms with Crippen molar-refractivity contribution in [3.05, 3.63) is 53.3 Å². The maximum atomic E-state index is 12.7.